The van der Waals surface area contributed by atoms with Gasteiger partial charge in [0.15, 0.2) is 0 Å². The first kappa shape index (κ1) is 22.1. The van der Waals surface area contributed by atoms with Crippen molar-refractivity contribution < 1.29 is 31.1 Å². The first-order valence-corrected chi connectivity index (χ1v) is 10.6. The fraction of sp³-hybridized carbons (Fsp3) is 0.0500. The summed E-state index contributed by atoms with van der Waals surface area (Å²) in [6.07, 6.45) is 1.36. The summed E-state index contributed by atoms with van der Waals surface area (Å²) in [5.74, 6) is 0.683. The van der Waals surface area contributed by atoms with Gasteiger partial charge in [-0.3, -0.25) is 9.29 Å². The summed E-state index contributed by atoms with van der Waals surface area (Å²) >= 11 is 0. The van der Waals surface area contributed by atoms with E-state index in [1.54, 1.807) is 29.4 Å². The minimum atomic E-state index is -4.87. The lowest BCUT2D eigenvalue weighted by molar-refractivity contribution is -0.274. The molecule has 170 valence electrons. The summed E-state index contributed by atoms with van der Waals surface area (Å²) < 4.78 is 75.1. The zero-order chi connectivity index (χ0) is 23.5. The Morgan fingerprint density at radius 3 is 2.27 bits per heavy atom. The first-order valence-electron chi connectivity index (χ1n) is 9.15. The molecule has 0 unspecified atom stereocenters. The van der Waals surface area contributed by atoms with Crippen LogP contribution in [0.2, 0.25) is 0 Å². The quantitative estimate of drug-likeness (QED) is 0.426. The van der Waals surface area contributed by atoms with Crippen molar-refractivity contribution in [1.29, 1.82) is 0 Å². The van der Waals surface area contributed by atoms with Gasteiger partial charge in [-0.2, -0.15) is 0 Å². The van der Waals surface area contributed by atoms with E-state index in [1.165, 1.54) is 30.6 Å². The highest BCUT2D eigenvalue weighted by Gasteiger charge is 2.31. The molecule has 0 aliphatic carbocycles. The molecule has 13 heteroatoms. The number of hydrogen-bond donors (Lipinski definition) is 1. The number of ether oxygens (including phenoxy) is 2. The van der Waals surface area contributed by atoms with Crippen molar-refractivity contribution in [2.24, 2.45) is 0 Å². The van der Waals surface area contributed by atoms with Crippen LogP contribution in [0.3, 0.4) is 0 Å². The van der Waals surface area contributed by atoms with Gasteiger partial charge in [-0.15, -0.1) is 13.2 Å². The molecule has 9 nitrogen and oxygen atoms in total. The smallest absolute Gasteiger partial charge is 0.439 e. The van der Waals surface area contributed by atoms with Crippen LogP contribution in [0.4, 0.5) is 18.9 Å². The third-order valence-electron chi connectivity index (χ3n) is 4.09. The van der Waals surface area contributed by atoms with Gasteiger partial charge in [-0.25, -0.2) is 23.4 Å². The zero-order valence-corrected chi connectivity index (χ0v) is 17.3. The van der Waals surface area contributed by atoms with Gasteiger partial charge in [0, 0.05) is 24.1 Å². The second-order valence-electron chi connectivity index (χ2n) is 6.44. The minimum Gasteiger partial charge on any atom is -0.439 e. The molecule has 0 atom stereocenters. The molecule has 1 N–H and O–H groups in total. The molecule has 0 aliphatic rings. The molecule has 2 aromatic heterocycles. The maximum absolute atomic E-state index is 12.5. The van der Waals surface area contributed by atoms with Crippen molar-refractivity contribution in [3.63, 3.8) is 0 Å². The van der Waals surface area contributed by atoms with Crippen LogP contribution in [0.15, 0.2) is 84.5 Å². The summed E-state index contributed by atoms with van der Waals surface area (Å²) in [7, 11) is -4.03. The van der Waals surface area contributed by atoms with Gasteiger partial charge in [0.2, 0.25) is 5.88 Å². The van der Waals surface area contributed by atoms with E-state index in [0.29, 0.717) is 11.6 Å². The van der Waals surface area contributed by atoms with Crippen LogP contribution in [0, 0.1) is 0 Å². The molecular weight excluding hydrogens is 463 g/mol. The molecule has 33 heavy (non-hydrogen) atoms. The molecular formula is C20H14F3N5O4S. The predicted octanol–water partition coefficient (Wildman–Crippen LogP) is 4.15. The monoisotopic (exact) mass is 477 g/mol. The number of aromatic nitrogens is 4. The number of imidazole rings is 1. The van der Waals surface area contributed by atoms with E-state index in [9.17, 15) is 21.6 Å². The highest BCUT2D eigenvalue weighted by molar-refractivity contribution is 7.92. The second-order valence-corrected chi connectivity index (χ2v) is 8.12. The average molecular weight is 477 g/mol. The van der Waals surface area contributed by atoms with Gasteiger partial charge in [0.05, 0.1) is 4.90 Å². The van der Waals surface area contributed by atoms with Gasteiger partial charge in [-0.05, 0) is 48.5 Å². The molecule has 2 heterocycles. The van der Waals surface area contributed by atoms with Crippen LogP contribution in [0.5, 0.6) is 17.4 Å². The molecule has 0 saturated heterocycles. The Morgan fingerprint density at radius 2 is 1.64 bits per heavy atom. The van der Waals surface area contributed by atoms with Crippen molar-refractivity contribution in [3.8, 4) is 23.2 Å². The second kappa shape index (κ2) is 8.78. The van der Waals surface area contributed by atoms with E-state index in [1.807, 2.05) is 0 Å². The van der Waals surface area contributed by atoms with Crippen molar-refractivity contribution in [1.82, 2.24) is 19.5 Å². The predicted molar refractivity (Wildman–Crippen MR) is 110 cm³/mol. The minimum absolute atomic E-state index is 0.222. The fourth-order valence-electron chi connectivity index (χ4n) is 2.67. The summed E-state index contributed by atoms with van der Waals surface area (Å²) in [5, 5.41) is 0. The fourth-order valence-corrected chi connectivity index (χ4v) is 3.73. The third kappa shape index (κ3) is 5.77. The van der Waals surface area contributed by atoms with E-state index in [4.69, 9.17) is 4.74 Å². The van der Waals surface area contributed by atoms with Gasteiger partial charge >= 0.3 is 6.36 Å². The molecule has 0 fully saturated rings. The van der Waals surface area contributed by atoms with E-state index < -0.39 is 22.1 Å². The number of benzene rings is 2. The largest absolute Gasteiger partial charge is 0.573 e. The Kier molecular flexibility index (Phi) is 5.87. The molecule has 4 rings (SSSR count). The zero-order valence-electron chi connectivity index (χ0n) is 16.5. The summed E-state index contributed by atoms with van der Waals surface area (Å²) in [6.45, 7) is 0. The van der Waals surface area contributed by atoms with Crippen LogP contribution in [0.25, 0.3) is 5.82 Å². The Balaban J connectivity index is 1.42. The Hall–Kier alpha value is -4.13. The lowest BCUT2D eigenvalue weighted by Crippen LogP contribution is -2.17. The Labute approximate surface area is 185 Å². The normalized spacial score (nSPS) is 11.7. The Bertz CT molecular complexity index is 1330. The number of rotatable bonds is 7. The van der Waals surface area contributed by atoms with E-state index in [-0.39, 0.29) is 16.5 Å². The van der Waals surface area contributed by atoms with Crippen molar-refractivity contribution >= 4 is 15.7 Å². The number of hydrogen-bond acceptors (Lipinski definition) is 7. The number of nitrogens with one attached hydrogen (secondary N) is 1. The first-order chi connectivity index (χ1) is 15.7. The number of halogens is 3. The van der Waals surface area contributed by atoms with Crippen LogP contribution in [-0.4, -0.2) is 34.3 Å². The Morgan fingerprint density at radius 1 is 0.939 bits per heavy atom. The molecule has 0 spiro atoms. The molecule has 0 aliphatic heterocycles. The maximum atomic E-state index is 12.5. The molecule has 0 radical (unpaired) electrons. The van der Waals surface area contributed by atoms with Crippen molar-refractivity contribution in [3.05, 3.63) is 79.6 Å². The number of alkyl halides is 3. The van der Waals surface area contributed by atoms with Crippen molar-refractivity contribution in [2.45, 2.75) is 11.3 Å². The van der Waals surface area contributed by atoms with Gasteiger partial charge in [0.1, 0.15) is 30.0 Å². The molecule has 0 saturated carbocycles. The molecule has 0 bridgehead atoms. The van der Waals surface area contributed by atoms with Gasteiger partial charge < -0.3 is 9.47 Å². The summed E-state index contributed by atoms with van der Waals surface area (Å²) in [5.41, 5.74) is 0.222. The van der Waals surface area contributed by atoms with E-state index in [2.05, 4.69) is 24.4 Å². The maximum Gasteiger partial charge on any atom is 0.573 e. The van der Waals surface area contributed by atoms with Crippen LogP contribution in [0.1, 0.15) is 0 Å². The van der Waals surface area contributed by atoms with E-state index in [0.717, 1.165) is 24.3 Å². The lowest BCUT2D eigenvalue weighted by Gasteiger charge is -2.11. The van der Waals surface area contributed by atoms with Gasteiger partial charge in [-0.1, -0.05) is 0 Å². The topological polar surface area (TPSA) is 108 Å². The van der Waals surface area contributed by atoms with Gasteiger partial charge in [0.25, 0.3) is 10.0 Å². The van der Waals surface area contributed by atoms with Crippen LogP contribution >= 0.6 is 0 Å². The van der Waals surface area contributed by atoms with Crippen LogP contribution in [-0.2, 0) is 10.0 Å². The van der Waals surface area contributed by atoms with Crippen LogP contribution < -0.4 is 14.2 Å². The standard InChI is InChI=1S/C20H14F3N5O4S/c21-20(22,23)32-16-5-7-17(8-6-16)33(29,30)27-14-1-3-15(4-2-14)31-19-11-18(25-12-26-19)28-10-9-24-13-28/h1-13,27H. The van der Waals surface area contributed by atoms with Crippen molar-refractivity contribution in [2.75, 3.05) is 4.72 Å². The van der Waals surface area contributed by atoms with E-state index >= 15 is 0 Å². The molecule has 2 aromatic carbocycles. The SMILES string of the molecule is O=S(=O)(Nc1ccc(Oc2cc(-n3ccnc3)ncn2)cc1)c1ccc(OC(F)(F)F)cc1. The number of sulfonamides is 1. The lowest BCUT2D eigenvalue weighted by atomic mass is 10.3. The number of anilines is 1. The summed E-state index contributed by atoms with van der Waals surface area (Å²) in [6, 6.07) is 11.4. The average Bonchev–Trinajstić information content (AvgIpc) is 3.30. The third-order valence-corrected chi connectivity index (χ3v) is 5.49. The summed E-state index contributed by atoms with van der Waals surface area (Å²) in [4.78, 5) is 11.9. The highest BCUT2D eigenvalue weighted by atomic mass is 32.2. The number of nitrogens with zero attached hydrogens (tertiary/aromatic N) is 4. The highest BCUT2D eigenvalue weighted by Crippen LogP contribution is 2.26. The molecule has 4 aromatic rings. The molecule has 0 amide bonds.